The summed E-state index contributed by atoms with van der Waals surface area (Å²) in [6.07, 6.45) is 0. The van der Waals surface area contributed by atoms with Crippen molar-refractivity contribution < 1.29 is 9.18 Å². The van der Waals surface area contributed by atoms with Crippen LogP contribution in [0.1, 0.15) is 6.92 Å². The predicted molar refractivity (Wildman–Crippen MR) is 105 cm³/mol. The molecular formula is C19H20BrFN2OS. The summed E-state index contributed by atoms with van der Waals surface area (Å²) in [4.78, 5) is 17.6. The molecule has 3 rings (SSSR count). The Morgan fingerprint density at radius 2 is 1.72 bits per heavy atom. The topological polar surface area (TPSA) is 23.6 Å². The Kier molecular flexibility index (Phi) is 6.02. The van der Waals surface area contributed by atoms with E-state index in [0.717, 1.165) is 9.37 Å². The molecule has 3 nitrogen and oxygen atoms in total. The molecule has 0 aromatic heterocycles. The smallest absolute Gasteiger partial charge is 0.235 e. The molecule has 0 radical (unpaired) electrons. The first-order valence-corrected chi connectivity index (χ1v) is 9.92. The van der Waals surface area contributed by atoms with Crippen LogP contribution in [0, 0.1) is 5.82 Å². The molecule has 0 aliphatic carbocycles. The minimum Gasteiger partial charge on any atom is -0.366 e. The number of nitrogens with zero attached hydrogens (tertiary/aromatic N) is 2. The molecule has 1 aliphatic heterocycles. The lowest BCUT2D eigenvalue weighted by atomic mass is 10.2. The van der Waals surface area contributed by atoms with Crippen LogP contribution >= 0.6 is 27.7 Å². The largest absolute Gasteiger partial charge is 0.366 e. The summed E-state index contributed by atoms with van der Waals surface area (Å²) in [6.45, 7) is 4.50. The van der Waals surface area contributed by atoms with E-state index in [-0.39, 0.29) is 17.0 Å². The molecule has 1 heterocycles. The zero-order chi connectivity index (χ0) is 17.8. The Labute approximate surface area is 160 Å². The van der Waals surface area contributed by atoms with Gasteiger partial charge in [0.2, 0.25) is 5.91 Å². The Hall–Kier alpha value is -1.53. The number of piperazine rings is 1. The lowest BCUT2D eigenvalue weighted by Gasteiger charge is -2.37. The van der Waals surface area contributed by atoms with Gasteiger partial charge in [0.15, 0.2) is 0 Å². The highest BCUT2D eigenvalue weighted by Crippen LogP contribution is 2.27. The summed E-state index contributed by atoms with van der Waals surface area (Å²) in [7, 11) is 0. The van der Waals surface area contributed by atoms with Gasteiger partial charge in [-0.1, -0.05) is 28.1 Å². The second-order valence-electron chi connectivity index (χ2n) is 5.98. The van der Waals surface area contributed by atoms with Gasteiger partial charge in [-0.25, -0.2) is 4.39 Å². The van der Waals surface area contributed by atoms with Crippen LogP contribution < -0.4 is 4.90 Å². The van der Waals surface area contributed by atoms with E-state index < -0.39 is 0 Å². The molecule has 0 saturated carbocycles. The lowest BCUT2D eigenvalue weighted by Crippen LogP contribution is -2.50. The van der Waals surface area contributed by atoms with Crippen LogP contribution in [0.4, 0.5) is 10.1 Å². The molecule has 1 fully saturated rings. The van der Waals surface area contributed by atoms with E-state index in [4.69, 9.17) is 0 Å². The first-order chi connectivity index (χ1) is 12.0. The number of carbonyl (C=O) groups excluding carboxylic acids is 1. The number of halogens is 2. The molecular weight excluding hydrogens is 403 g/mol. The number of thioether (sulfide) groups is 1. The van der Waals surface area contributed by atoms with Crippen molar-refractivity contribution in [3.63, 3.8) is 0 Å². The van der Waals surface area contributed by atoms with Crippen LogP contribution in [0.15, 0.2) is 57.9 Å². The maximum atomic E-state index is 13.9. The van der Waals surface area contributed by atoms with Gasteiger partial charge in [-0.2, -0.15) is 0 Å². The first-order valence-electron chi connectivity index (χ1n) is 8.25. The number of rotatable bonds is 4. The summed E-state index contributed by atoms with van der Waals surface area (Å²) >= 11 is 4.99. The standard InChI is InChI=1S/C19H20BrFN2OS/c1-14(25-16-8-6-15(20)7-9-16)19(24)23-12-10-22(11-13-23)18-5-3-2-4-17(18)21/h2-9,14H,10-13H2,1H3. The van der Waals surface area contributed by atoms with E-state index in [1.807, 2.05) is 47.1 Å². The molecule has 0 N–H and O–H groups in total. The van der Waals surface area contributed by atoms with Crippen LogP contribution in [0.25, 0.3) is 0 Å². The van der Waals surface area contributed by atoms with Gasteiger partial charge >= 0.3 is 0 Å². The van der Waals surface area contributed by atoms with Crippen LogP contribution in [-0.2, 0) is 4.79 Å². The third kappa shape index (κ3) is 4.55. The van der Waals surface area contributed by atoms with E-state index in [2.05, 4.69) is 15.9 Å². The van der Waals surface area contributed by atoms with Gasteiger partial charge in [0.05, 0.1) is 10.9 Å². The minimum atomic E-state index is -0.207. The number of amides is 1. The van der Waals surface area contributed by atoms with Crippen LogP contribution in [0.5, 0.6) is 0 Å². The lowest BCUT2D eigenvalue weighted by molar-refractivity contribution is -0.130. The summed E-state index contributed by atoms with van der Waals surface area (Å²) in [6, 6.07) is 14.8. The summed E-state index contributed by atoms with van der Waals surface area (Å²) < 4.78 is 14.9. The second-order valence-corrected chi connectivity index (χ2v) is 8.31. The SMILES string of the molecule is CC(Sc1ccc(Br)cc1)C(=O)N1CCN(c2ccccc2F)CC1. The molecule has 2 aromatic rings. The van der Waals surface area contributed by atoms with E-state index in [1.54, 1.807) is 23.9 Å². The van der Waals surface area contributed by atoms with Gasteiger partial charge in [-0.05, 0) is 43.3 Å². The molecule has 1 atom stereocenters. The highest BCUT2D eigenvalue weighted by molar-refractivity contribution is 9.10. The minimum absolute atomic E-state index is 0.138. The average Bonchev–Trinajstić information content (AvgIpc) is 2.63. The number of benzene rings is 2. The Morgan fingerprint density at radius 3 is 2.36 bits per heavy atom. The Balaban J connectivity index is 1.56. The van der Waals surface area contributed by atoms with Gasteiger partial charge in [-0.15, -0.1) is 11.8 Å². The van der Waals surface area contributed by atoms with Crippen molar-refractivity contribution in [3.8, 4) is 0 Å². The van der Waals surface area contributed by atoms with Crippen molar-refractivity contribution in [3.05, 3.63) is 58.8 Å². The highest BCUT2D eigenvalue weighted by Gasteiger charge is 2.26. The summed E-state index contributed by atoms with van der Waals surface area (Å²) in [5, 5.41) is -0.138. The average molecular weight is 423 g/mol. The van der Waals surface area contributed by atoms with Gasteiger partial charge in [0.25, 0.3) is 0 Å². The second kappa shape index (κ2) is 8.23. The molecule has 0 spiro atoms. The fraction of sp³-hybridized carbons (Fsp3) is 0.316. The number of carbonyl (C=O) groups is 1. The molecule has 25 heavy (non-hydrogen) atoms. The van der Waals surface area contributed by atoms with Crippen molar-refractivity contribution in [1.82, 2.24) is 4.90 Å². The number of hydrogen-bond acceptors (Lipinski definition) is 3. The number of hydrogen-bond donors (Lipinski definition) is 0. The van der Waals surface area contributed by atoms with Crippen molar-refractivity contribution in [2.45, 2.75) is 17.1 Å². The van der Waals surface area contributed by atoms with Crippen LogP contribution in [0.3, 0.4) is 0 Å². The van der Waals surface area contributed by atoms with Crippen molar-refractivity contribution in [2.24, 2.45) is 0 Å². The predicted octanol–water partition coefficient (Wildman–Crippen LogP) is 4.42. The Morgan fingerprint density at radius 1 is 1.08 bits per heavy atom. The fourth-order valence-electron chi connectivity index (χ4n) is 2.90. The third-order valence-corrected chi connectivity index (χ3v) is 5.89. The molecule has 0 bridgehead atoms. The van der Waals surface area contributed by atoms with Crippen molar-refractivity contribution >= 4 is 39.3 Å². The molecule has 1 aliphatic rings. The number of para-hydroxylation sites is 1. The maximum Gasteiger partial charge on any atom is 0.235 e. The van der Waals surface area contributed by atoms with Gasteiger partial charge in [-0.3, -0.25) is 4.79 Å². The number of anilines is 1. The molecule has 1 amide bonds. The van der Waals surface area contributed by atoms with E-state index in [9.17, 15) is 9.18 Å². The molecule has 6 heteroatoms. The molecule has 132 valence electrons. The summed E-state index contributed by atoms with van der Waals surface area (Å²) in [5.41, 5.74) is 0.617. The van der Waals surface area contributed by atoms with Gasteiger partial charge < -0.3 is 9.80 Å². The monoisotopic (exact) mass is 422 g/mol. The Bertz CT molecular complexity index is 732. The van der Waals surface area contributed by atoms with E-state index >= 15 is 0 Å². The van der Waals surface area contributed by atoms with Crippen LogP contribution in [0.2, 0.25) is 0 Å². The first kappa shape index (κ1) is 18.3. The van der Waals surface area contributed by atoms with Gasteiger partial charge in [0.1, 0.15) is 5.82 Å². The normalized spacial score (nSPS) is 16.0. The quantitative estimate of drug-likeness (QED) is 0.681. The van der Waals surface area contributed by atoms with Gasteiger partial charge in [0, 0.05) is 35.5 Å². The molecule has 1 unspecified atom stereocenters. The zero-order valence-electron chi connectivity index (χ0n) is 14.0. The summed E-state index contributed by atoms with van der Waals surface area (Å²) in [5.74, 6) is -0.0671. The van der Waals surface area contributed by atoms with Crippen LogP contribution in [-0.4, -0.2) is 42.2 Å². The van der Waals surface area contributed by atoms with E-state index in [0.29, 0.717) is 31.9 Å². The fourth-order valence-corrected chi connectivity index (χ4v) is 4.12. The van der Waals surface area contributed by atoms with Crippen molar-refractivity contribution in [2.75, 3.05) is 31.1 Å². The third-order valence-electron chi connectivity index (χ3n) is 4.26. The maximum absolute atomic E-state index is 13.9. The molecule has 2 aromatic carbocycles. The van der Waals surface area contributed by atoms with E-state index in [1.165, 1.54) is 6.07 Å². The molecule has 1 saturated heterocycles. The van der Waals surface area contributed by atoms with Crippen molar-refractivity contribution in [1.29, 1.82) is 0 Å². The highest BCUT2D eigenvalue weighted by atomic mass is 79.9. The zero-order valence-corrected chi connectivity index (χ0v) is 16.4.